The van der Waals surface area contributed by atoms with E-state index < -0.39 is 0 Å². The average molecular weight is 395 g/mol. The monoisotopic (exact) mass is 395 g/mol. The van der Waals surface area contributed by atoms with E-state index in [9.17, 15) is 0 Å². The first kappa shape index (κ1) is 16.7. The zero-order chi connectivity index (χ0) is 20.2. The Morgan fingerprint density at radius 3 is 2.77 bits per heavy atom. The number of rotatable bonds is 3. The maximum absolute atomic E-state index is 5.24. The van der Waals surface area contributed by atoms with E-state index in [-0.39, 0.29) is 0 Å². The van der Waals surface area contributed by atoms with E-state index >= 15 is 0 Å². The summed E-state index contributed by atoms with van der Waals surface area (Å²) < 4.78 is 7.26. The maximum atomic E-state index is 5.24. The summed E-state index contributed by atoms with van der Waals surface area (Å²) in [7, 11) is 1.99. The van der Waals surface area contributed by atoms with Crippen molar-refractivity contribution in [2.24, 2.45) is 7.05 Å². The molecule has 0 saturated heterocycles. The fourth-order valence-electron chi connectivity index (χ4n) is 3.78. The highest BCUT2D eigenvalue weighted by molar-refractivity contribution is 5.99. The normalized spacial score (nSPS) is 11.7. The van der Waals surface area contributed by atoms with E-state index in [0.717, 1.165) is 61.8 Å². The first-order valence-corrected chi connectivity index (χ1v) is 9.53. The van der Waals surface area contributed by atoms with Crippen molar-refractivity contribution in [3.8, 4) is 34.0 Å². The molecule has 0 bridgehead atoms. The molecule has 0 aliphatic rings. The van der Waals surface area contributed by atoms with Crippen LogP contribution in [0.3, 0.4) is 0 Å². The minimum Gasteiger partial charge on any atom is -0.472 e. The summed E-state index contributed by atoms with van der Waals surface area (Å²) in [6, 6.07) is 9.89. The fourth-order valence-corrected chi connectivity index (χ4v) is 3.78. The van der Waals surface area contributed by atoms with Crippen molar-refractivity contribution in [1.29, 1.82) is 0 Å². The highest BCUT2D eigenvalue weighted by Gasteiger charge is 2.17. The number of aromatic amines is 2. The second-order valence-corrected chi connectivity index (χ2v) is 7.23. The molecule has 0 unspecified atom stereocenters. The molecule has 6 rings (SSSR count). The van der Waals surface area contributed by atoms with Crippen LogP contribution >= 0.6 is 0 Å². The molecule has 6 heterocycles. The van der Waals surface area contributed by atoms with E-state index in [1.165, 1.54) is 0 Å². The summed E-state index contributed by atoms with van der Waals surface area (Å²) in [5, 5.41) is 8.62. The number of H-pyrrole nitrogens is 2. The number of hydrogen-bond donors (Lipinski definition) is 2. The van der Waals surface area contributed by atoms with Gasteiger partial charge in [-0.05, 0) is 37.3 Å². The van der Waals surface area contributed by atoms with Gasteiger partial charge in [-0.2, -0.15) is 5.10 Å². The standard InChI is InChI=1S/C22H17N7O/c1-12-24-10-19(29(12)2)16-3-4-17-21(26-16)22(28-27-17)18-9-14-15(25-18)5-7-23-20(14)13-6-8-30-11-13/h3-11,25H,1-2H3,(H,27,28). The van der Waals surface area contributed by atoms with Crippen molar-refractivity contribution >= 4 is 21.9 Å². The lowest BCUT2D eigenvalue weighted by Gasteiger charge is -2.03. The molecule has 0 aliphatic heterocycles. The summed E-state index contributed by atoms with van der Waals surface area (Å²) in [5.41, 5.74) is 7.91. The second kappa shape index (κ2) is 6.15. The van der Waals surface area contributed by atoms with Gasteiger partial charge in [-0.15, -0.1) is 0 Å². The minimum absolute atomic E-state index is 0.764. The Labute approximate surface area is 170 Å². The number of furan rings is 1. The van der Waals surface area contributed by atoms with E-state index in [0.29, 0.717) is 0 Å². The summed E-state index contributed by atoms with van der Waals surface area (Å²) in [5.74, 6) is 0.939. The van der Waals surface area contributed by atoms with Gasteiger partial charge >= 0.3 is 0 Å². The smallest absolute Gasteiger partial charge is 0.135 e. The molecule has 8 nitrogen and oxygen atoms in total. The van der Waals surface area contributed by atoms with E-state index in [1.54, 1.807) is 18.7 Å². The predicted octanol–water partition coefficient (Wildman–Crippen LogP) is 4.47. The molecule has 2 N–H and O–H groups in total. The van der Waals surface area contributed by atoms with Crippen LogP contribution in [0.5, 0.6) is 0 Å². The van der Waals surface area contributed by atoms with Crippen LogP contribution in [0.1, 0.15) is 5.82 Å². The van der Waals surface area contributed by atoms with Gasteiger partial charge in [-0.25, -0.2) is 9.97 Å². The maximum Gasteiger partial charge on any atom is 0.135 e. The summed E-state index contributed by atoms with van der Waals surface area (Å²) in [4.78, 5) is 17.3. The Kier molecular flexibility index (Phi) is 3.43. The van der Waals surface area contributed by atoms with Crippen molar-refractivity contribution in [2.45, 2.75) is 6.92 Å². The van der Waals surface area contributed by atoms with E-state index in [1.807, 2.05) is 49.0 Å². The molecule has 0 radical (unpaired) electrons. The van der Waals surface area contributed by atoms with Crippen molar-refractivity contribution in [3.05, 3.63) is 61.1 Å². The molecular formula is C22H17N7O. The molecule has 0 saturated carbocycles. The first-order chi connectivity index (χ1) is 14.7. The first-order valence-electron chi connectivity index (χ1n) is 9.53. The van der Waals surface area contributed by atoms with Gasteiger partial charge in [0.15, 0.2) is 0 Å². The molecule has 146 valence electrons. The van der Waals surface area contributed by atoms with Crippen LogP contribution in [0, 0.1) is 6.92 Å². The van der Waals surface area contributed by atoms with Crippen LogP contribution in [-0.4, -0.2) is 34.7 Å². The SMILES string of the molecule is Cc1ncc(-c2ccc3[nH]nc(-c4cc5c(-c6ccoc6)nccc5[nH]4)c3n2)n1C. The zero-order valence-corrected chi connectivity index (χ0v) is 16.3. The number of fused-ring (bicyclic) bond motifs is 2. The number of aryl methyl sites for hydroxylation is 1. The number of pyridine rings is 2. The van der Waals surface area contributed by atoms with Crippen LogP contribution in [0.2, 0.25) is 0 Å². The summed E-state index contributed by atoms with van der Waals surface area (Å²) in [6.07, 6.45) is 6.97. The van der Waals surface area contributed by atoms with Crippen LogP contribution in [0.15, 0.2) is 59.7 Å². The van der Waals surface area contributed by atoms with Gasteiger partial charge in [0, 0.05) is 29.7 Å². The number of hydrogen-bond acceptors (Lipinski definition) is 5. The minimum atomic E-state index is 0.764. The lowest BCUT2D eigenvalue weighted by atomic mass is 10.1. The highest BCUT2D eigenvalue weighted by atomic mass is 16.3. The van der Waals surface area contributed by atoms with Crippen LogP contribution < -0.4 is 0 Å². The largest absolute Gasteiger partial charge is 0.472 e. The van der Waals surface area contributed by atoms with Crippen LogP contribution in [0.25, 0.3) is 56.0 Å². The molecule has 0 fully saturated rings. The summed E-state index contributed by atoms with van der Waals surface area (Å²) in [6.45, 7) is 1.97. The van der Waals surface area contributed by atoms with Crippen LogP contribution in [0.4, 0.5) is 0 Å². The third kappa shape index (κ3) is 2.40. The van der Waals surface area contributed by atoms with E-state index in [2.05, 4.69) is 31.2 Å². The van der Waals surface area contributed by atoms with Gasteiger partial charge in [0.25, 0.3) is 0 Å². The third-order valence-electron chi connectivity index (χ3n) is 5.49. The molecule has 8 heteroatoms. The van der Waals surface area contributed by atoms with Crippen molar-refractivity contribution in [1.82, 2.24) is 34.7 Å². The molecule has 0 atom stereocenters. The van der Waals surface area contributed by atoms with Gasteiger partial charge in [-0.1, -0.05) is 0 Å². The molecule has 30 heavy (non-hydrogen) atoms. The van der Waals surface area contributed by atoms with Crippen LogP contribution in [-0.2, 0) is 7.05 Å². The van der Waals surface area contributed by atoms with E-state index in [4.69, 9.17) is 9.40 Å². The van der Waals surface area contributed by atoms with Crippen molar-refractivity contribution < 1.29 is 4.42 Å². The Bertz CT molecular complexity index is 1520. The molecule has 0 aromatic carbocycles. The molecule has 0 spiro atoms. The Balaban J connectivity index is 1.53. The summed E-state index contributed by atoms with van der Waals surface area (Å²) >= 11 is 0. The topological polar surface area (TPSA) is 101 Å². The van der Waals surface area contributed by atoms with Gasteiger partial charge in [0.1, 0.15) is 17.0 Å². The lowest BCUT2D eigenvalue weighted by Crippen LogP contribution is -1.96. The number of aromatic nitrogens is 7. The number of nitrogens with one attached hydrogen (secondary N) is 2. The van der Waals surface area contributed by atoms with Crippen molar-refractivity contribution in [3.63, 3.8) is 0 Å². The molecule has 0 aliphatic carbocycles. The average Bonchev–Trinajstić information content (AvgIpc) is 3.54. The van der Waals surface area contributed by atoms with Gasteiger partial charge < -0.3 is 14.0 Å². The van der Waals surface area contributed by atoms with Gasteiger partial charge in [0.05, 0.1) is 47.0 Å². The third-order valence-corrected chi connectivity index (χ3v) is 5.49. The highest BCUT2D eigenvalue weighted by Crippen LogP contribution is 2.33. The van der Waals surface area contributed by atoms with Gasteiger partial charge in [-0.3, -0.25) is 10.1 Å². The number of nitrogens with zero attached hydrogens (tertiary/aromatic N) is 5. The molecule has 0 amide bonds. The Morgan fingerprint density at radius 1 is 1.03 bits per heavy atom. The lowest BCUT2D eigenvalue weighted by molar-refractivity contribution is 0.568. The molecular weight excluding hydrogens is 378 g/mol. The van der Waals surface area contributed by atoms with Gasteiger partial charge in [0.2, 0.25) is 0 Å². The predicted molar refractivity (Wildman–Crippen MR) is 114 cm³/mol. The Hall–Kier alpha value is -4.20. The second-order valence-electron chi connectivity index (χ2n) is 7.23. The zero-order valence-electron chi connectivity index (χ0n) is 16.3. The van der Waals surface area contributed by atoms with Crippen molar-refractivity contribution in [2.75, 3.05) is 0 Å². The molecule has 6 aromatic heterocycles. The fraction of sp³-hybridized carbons (Fsp3) is 0.0909. The molecule has 6 aromatic rings. The number of imidazole rings is 1. The quantitative estimate of drug-likeness (QED) is 0.460. The Morgan fingerprint density at radius 2 is 1.97 bits per heavy atom.